The molecule has 1 atom stereocenters. The molecule has 0 fully saturated rings. The van der Waals surface area contributed by atoms with E-state index in [0.717, 1.165) is 37.8 Å². The van der Waals surface area contributed by atoms with Gasteiger partial charge in [0.15, 0.2) is 0 Å². The first-order chi connectivity index (χ1) is 16.5. The zero-order valence-electron chi connectivity index (χ0n) is 19.2. The summed E-state index contributed by atoms with van der Waals surface area (Å²) in [6.07, 6.45) is 2.24. The van der Waals surface area contributed by atoms with Gasteiger partial charge in [-0.25, -0.2) is 15.0 Å². The molecule has 6 nitrogen and oxygen atoms in total. The number of hydrazone groups is 1. The predicted octanol–water partition coefficient (Wildman–Crippen LogP) is 5.79. The maximum absolute atomic E-state index is 13.5. The van der Waals surface area contributed by atoms with Crippen LogP contribution in [0, 0.1) is 13.8 Å². The number of ether oxygens (including phenoxy) is 1. The average Bonchev–Trinajstić information content (AvgIpc) is 3.45. The standard InChI is InChI=1S/C26H24N4O2S2/c1-16-17(2)34-26-24(16)25(27-15-28-26)33-14-23(31)30-22(19-9-11-20(32-3)12-10-19)13-21(29-30)18-7-5-4-6-8-18/h4-12,15,22H,13-14H2,1-3H3. The highest BCUT2D eigenvalue weighted by molar-refractivity contribution is 8.00. The third kappa shape index (κ3) is 4.31. The predicted molar refractivity (Wildman–Crippen MR) is 138 cm³/mol. The second kappa shape index (κ2) is 9.56. The van der Waals surface area contributed by atoms with Crippen LogP contribution in [0.2, 0.25) is 0 Å². The fraction of sp³-hybridized carbons (Fsp3) is 0.231. The Morgan fingerprint density at radius 2 is 1.88 bits per heavy atom. The largest absolute Gasteiger partial charge is 0.497 e. The van der Waals surface area contributed by atoms with Crippen LogP contribution in [0.15, 0.2) is 71.1 Å². The maximum Gasteiger partial charge on any atom is 0.253 e. The van der Waals surface area contributed by atoms with Gasteiger partial charge in [-0.2, -0.15) is 5.10 Å². The molecule has 2 aromatic heterocycles. The third-order valence-corrected chi connectivity index (χ3v) is 8.13. The molecule has 34 heavy (non-hydrogen) atoms. The van der Waals surface area contributed by atoms with E-state index in [1.54, 1.807) is 29.8 Å². The lowest BCUT2D eigenvalue weighted by Crippen LogP contribution is -2.28. The van der Waals surface area contributed by atoms with Gasteiger partial charge in [-0.05, 0) is 42.7 Å². The molecule has 1 unspecified atom stereocenters. The van der Waals surface area contributed by atoms with E-state index in [2.05, 4.69) is 23.8 Å². The van der Waals surface area contributed by atoms with E-state index in [-0.39, 0.29) is 17.7 Å². The molecule has 2 aromatic carbocycles. The van der Waals surface area contributed by atoms with Crippen molar-refractivity contribution < 1.29 is 9.53 Å². The number of thioether (sulfide) groups is 1. The molecular formula is C26H24N4O2S2. The molecule has 0 radical (unpaired) electrons. The summed E-state index contributed by atoms with van der Waals surface area (Å²) in [4.78, 5) is 24.5. The summed E-state index contributed by atoms with van der Waals surface area (Å²) in [5.74, 6) is 0.986. The van der Waals surface area contributed by atoms with Crippen LogP contribution >= 0.6 is 23.1 Å². The quantitative estimate of drug-likeness (QED) is 0.254. The van der Waals surface area contributed by atoms with Crippen molar-refractivity contribution in [2.75, 3.05) is 12.9 Å². The van der Waals surface area contributed by atoms with Gasteiger partial charge in [0.25, 0.3) is 5.91 Å². The number of thiophene rings is 1. The minimum absolute atomic E-state index is 0.0480. The molecule has 4 aromatic rings. The Hall–Kier alpha value is -3.23. The zero-order chi connectivity index (χ0) is 23.7. The molecule has 1 amide bonds. The Kier molecular flexibility index (Phi) is 6.34. The van der Waals surface area contributed by atoms with E-state index in [0.29, 0.717) is 6.42 Å². The number of hydrogen-bond donors (Lipinski definition) is 0. The van der Waals surface area contributed by atoms with Crippen LogP contribution in [-0.2, 0) is 4.79 Å². The van der Waals surface area contributed by atoms with E-state index in [4.69, 9.17) is 9.84 Å². The molecule has 0 saturated carbocycles. The molecule has 5 rings (SSSR count). The number of methoxy groups -OCH3 is 1. The van der Waals surface area contributed by atoms with Gasteiger partial charge in [0.05, 0.1) is 24.6 Å². The van der Waals surface area contributed by atoms with Gasteiger partial charge in [-0.1, -0.05) is 54.2 Å². The minimum Gasteiger partial charge on any atom is -0.497 e. The number of amides is 1. The number of aryl methyl sites for hydroxylation is 2. The van der Waals surface area contributed by atoms with Crippen molar-refractivity contribution in [3.63, 3.8) is 0 Å². The lowest BCUT2D eigenvalue weighted by atomic mass is 9.98. The summed E-state index contributed by atoms with van der Waals surface area (Å²) in [5, 5.41) is 8.31. The Morgan fingerprint density at radius 1 is 1.12 bits per heavy atom. The SMILES string of the molecule is COc1ccc(C2CC(c3ccccc3)=NN2C(=O)CSc2ncnc3sc(C)c(C)c23)cc1. The van der Waals surface area contributed by atoms with Crippen LogP contribution in [0.1, 0.15) is 34.0 Å². The summed E-state index contributed by atoms with van der Waals surface area (Å²) in [6.45, 7) is 4.17. The van der Waals surface area contributed by atoms with Crippen molar-refractivity contribution in [3.05, 3.63) is 82.5 Å². The summed E-state index contributed by atoms with van der Waals surface area (Å²) in [7, 11) is 1.65. The van der Waals surface area contributed by atoms with Gasteiger partial charge in [-0.15, -0.1) is 11.3 Å². The van der Waals surface area contributed by atoms with E-state index in [1.165, 1.54) is 22.2 Å². The highest BCUT2D eigenvalue weighted by Gasteiger charge is 2.33. The van der Waals surface area contributed by atoms with E-state index >= 15 is 0 Å². The summed E-state index contributed by atoms with van der Waals surface area (Å²) < 4.78 is 5.31. The van der Waals surface area contributed by atoms with Crippen LogP contribution in [0.4, 0.5) is 0 Å². The average molecular weight is 489 g/mol. The molecule has 0 aliphatic carbocycles. The van der Waals surface area contributed by atoms with Gasteiger partial charge in [-0.3, -0.25) is 4.79 Å². The van der Waals surface area contributed by atoms with Crippen LogP contribution in [0.25, 0.3) is 10.2 Å². The first kappa shape index (κ1) is 22.6. The first-order valence-corrected chi connectivity index (χ1v) is 12.8. The van der Waals surface area contributed by atoms with Crippen LogP contribution in [0.5, 0.6) is 5.75 Å². The Balaban J connectivity index is 1.42. The highest BCUT2D eigenvalue weighted by Crippen LogP contribution is 2.37. The number of benzene rings is 2. The molecule has 1 aliphatic rings. The molecule has 172 valence electrons. The number of carbonyl (C=O) groups is 1. The van der Waals surface area contributed by atoms with Gasteiger partial charge in [0, 0.05) is 16.7 Å². The van der Waals surface area contributed by atoms with Gasteiger partial charge < -0.3 is 4.74 Å². The number of nitrogens with zero attached hydrogens (tertiary/aromatic N) is 4. The topological polar surface area (TPSA) is 67.7 Å². The Labute approximate surface area is 206 Å². The van der Waals surface area contributed by atoms with E-state index in [1.807, 2.05) is 54.6 Å². The van der Waals surface area contributed by atoms with E-state index in [9.17, 15) is 4.79 Å². The molecule has 0 saturated heterocycles. The van der Waals surface area contributed by atoms with Crippen molar-refractivity contribution in [3.8, 4) is 5.75 Å². The normalized spacial score (nSPS) is 15.6. The number of rotatable bonds is 6. The number of hydrogen-bond acceptors (Lipinski definition) is 7. The van der Waals surface area contributed by atoms with Gasteiger partial charge in [0.1, 0.15) is 21.9 Å². The van der Waals surface area contributed by atoms with Gasteiger partial charge >= 0.3 is 0 Å². The number of carbonyl (C=O) groups excluding carboxylic acids is 1. The summed E-state index contributed by atoms with van der Waals surface area (Å²) >= 11 is 3.11. The first-order valence-electron chi connectivity index (χ1n) is 11.0. The van der Waals surface area contributed by atoms with Crippen LogP contribution < -0.4 is 4.74 Å². The Bertz CT molecular complexity index is 1370. The molecular weight excluding hydrogens is 464 g/mol. The maximum atomic E-state index is 13.5. The second-order valence-electron chi connectivity index (χ2n) is 8.08. The fourth-order valence-electron chi connectivity index (χ4n) is 4.09. The molecule has 0 bridgehead atoms. The molecule has 3 heterocycles. The number of aromatic nitrogens is 2. The van der Waals surface area contributed by atoms with Crippen molar-refractivity contribution in [1.29, 1.82) is 0 Å². The minimum atomic E-state index is -0.162. The lowest BCUT2D eigenvalue weighted by Gasteiger charge is -2.22. The van der Waals surface area contributed by atoms with Crippen molar-refractivity contribution in [1.82, 2.24) is 15.0 Å². The van der Waals surface area contributed by atoms with Crippen molar-refractivity contribution in [2.24, 2.45) is 5.10 Å². The van der Waals surface area contributed by atoms with Crippen molar-refractivity contribution in [2.45, 2.75) is 31.3 Å². The Morgan fingerprint density at radius 3 is 2.62 bits per heavy atom. The number of fused-ring (bicyclic) bond motifs is 1. The molecule has 0 spiro atoms. The van der Waals surface area contributed by atoms with Gasteiger partial charge in [0.2, 0.25) is 0 Å². The molecule has 1 aliphatic heterocycles. The zero-order valence-corrected chi connectivity index (χ0v) is 20.8. The smallest absolute Gasteiger partial charge is 0.253 e. The molecule has 0 N–H and O–H groups in total. The fourth-order valence-corrected chi connectivity index (χ4v) is 6.06. The van der Waals surface area contributed by atoms with E-state index < -0.39 is 0 Å². The summed E-state index contributed by atoms with van der Waals surface area (Å²) in [5.41, 5.74) is 4.15. The highest BCUT2D eigenvalue weighted by atomic mass is 32.2. The third-order valence-electron chi connectivity index (χ3n) is 6.04. The van der Waals surface area contributed by atoms with Crippen LogP contribution in [0.3, 0.4) is 0 Å². The molecule has 8 heteroatoms. The summed E-state index contributed by atoms with van der Waals surface area (Å²) in [6, 6.07) is 17.7. The van der Waals surface area contributed by atoms with Crippen molar-refractivity contribution >= 4 is 44.9 Å². The monoisotopic (exact) mass is 488 g/mol. The second-order valence-corrected chi connectivity index (χ2v) is 10.2. The lowest BCUT2D eigenvalue weighted by molar-refractivity contribution is -0.130. The van der Waals surface area contributed by atoms with Crippen LogP contribution in [-0.4, -0.2) is 39.5 Å².